The first-order valence-electron chi connectivity index (χ1n) is 7.47. The van der Waals surface area contributed by atoms with Gasteiger partial charge in [0, 0.05) is 18.3 Å². The lowest BCUT2D eigenvalue weighted by molar-refractivity contribution is 0.163. The summed E-state index contributed by atoms with van der Waals surface area (Å²) in [4.78, 5) is 11.8. The highest BCUT2D eigenvalue weighted by atomic mass is 16.5. The summed E-state index contributed by atoms with van der Waals surface area (Å²) in [6, 6.07) is 7.08. The van der Waals surface area contributed by atoms with Crippen molar-refractivity contribution in [2.75, 3.05) is 18.5 Å². The fourth-order valence-corrected chi connectivity index (χ4v) is 1.99. The number of aliphatic hydroxyl groups is 1. The zero-order valence-electron chi connectivity index (χ0n) is 13.1. The van der Waals surface area contributed by atoms with E-state index in [1.807, 2.05) is 32.0 Å². The van der Waals surface area contributed by atoms with Crippen molar-refractivity contribution in [2.24, 2.45) is 5.92 Å². The smallest absolute Gasteiger partial charge is 0.319 e. The maximum atomic E-state index is 11.8. The summed E-state index contributed by atoms with van der Waals surface area (Å²) in [6.45, 7) is 6.98. The van der Waals surface area contributed by atoms with Crippen molar-refractivity contribution in [2.45, 2.75) is 39.7 Å². The maximum Gasteiger partial charge on any atom is 0.319 e. The van der Waals surface area contributed by atoms with Crippen LogP contribution in [0.5, 0.6) is 5.75 Å². The molecule has 0 spiro atoms. The molecular weight excluding hydrogens is 268 g/mol. The van der Waals surface area contributed by atoms with E-state index in [0.717, 1.165) is 12.2 Å². The Morgan fingerprint density at radius 1 is 1.38 bits per heavy atom. The minimum absolute atomic E-state index is 0.231. The molecule has 0 radical (unpaired) electrons. The Morgan fingerprint density at radius 3 is 2.81 bits per heavy atom. The second kappa shape index (κ2) is 9.23. The van der Waals surface area contributed by atoms with Gasteiger partial charge in [0.05, 0.1) is 12.7 Å². The number of amides is 2. The van der Waals surface area contributed by atoms with E-state index < -0.39 is 0 Å². The molecule has 2 atom stereocenters. The highest BCUT2D eigenvalue weighted by Gasteiger charge is 2.08. The van der Waals surface area contributed by atoms with Crippen LogP contribution in [-0.4, -0.2) is 30.4 Å². The normalized spacial score (nSPS) is 13.3. The van der Waals surface area contributed by atoms with Crippen LogP contribution in [0.3, 0.4) is 0 Å². The molecule has 0 saturated heterocycles. The fraction of sp³-hybridized carbons (Fsp3) is 0.562. The summed E-state index contributed by atoms with van der Waals surface area (Å²) >= 11 is 0. The average molecular weight is 294 g/mol. The molecule has 5 heteroatoms. The first kappa shape index (κ1) is 17.3. The molecule has 0 saturated carbocycles. The van der Waals surface area contributed by atoms with Crippen LogP contribution < -0.4 is 15.4 Å². The lowest BCUT2D eigenvalue weighted by Gasteiger charge is -2.15. The summed E-state index contributed by atoms with van der Waals surface area (Å²) in [5.74, 6) is 0.979. The standard InChI is InChI=1S/C16H26N2O3/c1-4-8-21-15-7-5-6-14(10-15)18-16(20)17-11-12(2)9-13(3)19/h5-7,10,12-13,19H,4,8-9,11H2,1-3H3,(H2,17,18,20). The Bertz CT molecular complexity index is 435. The summed E-state index contributed by atoms with van der Waals surface area (Å²) in [6.07, 6.45) is 1.26. The molecule has 21 heavy (non-hydrogen) atoms. The number of aliphatic hydroxyl groups excluding tert-OH is 1. The van der Waals surface area contributed by atoms with Crippen molar-refractivity contribution in [3.63, 3.8) is 0 Å². The third-order valence-electron chi connectivity index (χ3n) is 2.92. The number of carbonyl (C=O) groups excluding carboxylic acids is 1. The molecule has 0 heterocycles. The number of carbonyl (C=O) groups is 1. The van der Waals surface area contributed by atoms with Gasteiger partial charge in [0.1, 0.15) is 5.75 Å². The predicted molar refractivity (Wildman–Crippen MR) is 84.7 cm³/mol. The van der Waals surface area contributed by atoms with E-state index in [9.17, 15) is 9.90 Å². The second-order valence-corrected chi connectivity index (χ2v) is 5.40. The monoisotopic (exact) mass is 294 g/mol. The van der Waals surface area contributed by atoms with E-state index in [1.165, 1.54) is 0 Å². The average Bonchev–Trinajstić information content (AvgIpc) is 2.42. The molecule has 0 aromatic heterocycles. The van der Waals surface area contributed by atoms with Crippen molar-refractivity contribution in [1.82, 2.24) is 5.32 Å². The lowest BCUT2D eigenvalue weighted by atomic mass is 10.1. The van der Waals surface area contributed by atoms with Gasteiger partial charge in [-0.1, -0.05) is 19.9 Å². The molecule has 3 N–H and O–H groups in total. The zero-order valence-corrected chi connectivity index (χ0v) is 13.1. The van der Waals surface area contributed by atoms with Crippen LogP contribution >= 0.6 is 0 Å². The number of ether oxygens (including phenoxy) is 1. The van der Waals surface area contributed by atoms with Gasteiger partial charge >= 0.3 is 6.03 Å². The number of rotatable bonds is 8. The second-order valence-electron chi connectivity index (χ2n) is 5.40. The van der Waals surface area contributed by atoms with Gasteiger partial charge in [-0.15, -0.1) is 0 Å². The van der Waals surface area contributed by atoms with Gasteiger partial charge in [-0.2, -0.15) is 0 Å². The van der Waals surface area contributed by atoms with Crippen molar-refractivity contribution < 1.29 is 14.6 Å². The van der Waals surface area contributed by atoms with Gasteiger partial charge in [0.25, 0.3) is 0 Å². The first-order valence-corrected chi connectivity index (χ1v) is 7.47. The third-order valence-corrected chi connectivity index (χ3v) is 2.92. The highest BCUT2D eigenvalue weighted by molar-refractivity contribution is 5.89. The molecule has 0 bridgehead atoms. The topological polar surface area (TPSA) is 70.6 Å². The van der Waals surface area contributed by atoms with Gasteiger partial charge < -0.3 is 20.5 Å². The Hall–Kier alpha value is -1.75. The number of benzene rings is 1. The van der Waals surface area contributed by atoms with Crippen molar-refractivity contribution in [1.29, 1.82) is 0 Å². The molecule has 0 fully saturated rings. The summed E-state index contributed by atoms with van der Waals surface area (Å²) < 4.78 is 5.52. The van der Waals surface area contributed by atoms with Crippen molar-refractivity contribution in [3.05, 3.63) is 24.3 Å². The summed E-state index contributed by atoms with van der Waals surface area (Å²) in [5.41, 5.74) is 0.698. The SMILES string of the molecule is CCCOc1cccc(NC(=O)NCC(C)CC(C)O)c1. The van der Waals surface area contributed by atoms with Gasteiger partial charge in [0.15, 0.2) is 0 Å². The Morgan fingerprint density at radius 2 is 2.14 bits per heavy atom. The third kappa shape index (κ3) is 7.56. The minimum Gasteiger partial charge on any atom is -0.494 e. The van der Waals surface area contributed by atoms with Crippen LogP contribution in [0.4, 0.5) is 10.5 Å². The minimum atomic E-state index is -0.350. The van der Waals surface area contributed by atoms with Gasteiger partial charge in [-0.25, -0.2) is 4.79 Å². The molecular formula is C16H26N2O3. The van der Waals surface area contributed by atoms with Crippen LogP contribution in [0, 0.1) is 5.92 Å². The molecule has 1 aromatic rings. The number of hydrogen-bond donors (Lipinski definition) is 3. The van der Waals surface area contributed by atoms with Crippen molar-refractivity contribution in [3.8, 4) is 5.75 Å². The number of anilines is 1. The van der Waals surface area contributed by atoms with E-state index >= 15 is 0 Å². The first-order chi connectivity index (χ1) is 10.0. The van der Waals surface area contributed by atoms with Crippen LogP contribution in [0.25, 0.3) is 0 Å². The molecule has 0 aliphatic carbocycles. The Labute approximate surface area is 126 Å². The molecule has 1 aromatic carbocycles. The van der Waals surface area contributed by atoms with Crippen LogP contribution in [0.15, 0.2) is 24.3 Å². The van der Waals surface area contributed by atoms with E-state index in [4.69, 9.17) is 4.74 Å². The molecule has 118 valence electrons. The van der Waals surface area contributed by atoms with Crippen LogP contribution in [0.2, 0.25) is 0 Å². The van der Waals surface area contributed by atoms with E-state index in [2.05, 4.69) is 10.6 Å². The largest absolute Gasteiger partial charge is 0.494 e. The number of nitrogens with one attached hydrogen (secondary N) is 2. The fourth-order valence-electron chi connectivity index (χ4n) is 1.99. The quantitative estimate of drug-likeness (QED) is 0.690. The maximum absolute atomic E-state index is 11.8. The zero-order chi connectivity index (χ0) is 15.7. The lowest BCUT2D eigenvalue weighted by Crippen LogP contribution is -2.33. The Balaban J connectivity index is 2.40. The van der Waals surface area contributed by atoms with E-state index in [1.54, 1.807) is 13.0 Å². The number of hydrogen-bond acceptors (Lipinski definition) is 3. The van der Waals surface area contributed by atoms with Crippen LogP contribution in [-0.2, 0) is 0 Å². The predicted octanol–water partition coefficient (Wildman–Crippen LogP) is 3.00. The van der Waals surface area contributed by atoms with Crippen molar-refractivity contribution >= 4 is 11.7 Å². The molecule has 0 aliphatic rings. The van der Waals surface area contributed by atoms with Gasteiger partial charge in [-0.3, -0.25) is 0 Å². The molecule has 0 aliphatic heterocycles. The van der Waals surface area contributed by atoms with Gasteiger partial charge in [-0.05, 0) is 37.8 Å². The molecule has 5 nitrogen and oxygen atoms in total. The summed E-state index contributed by atoms with van der Waals surface area (Å²) in [5, 5.41) is 14.9. The molecule has 2 unspecified atom stereocenters. The van der Waals surface area contributed by atoms with Gasteiger partial charge in [0.2, 0.25) is 0 Å². The Kier molecular flexibility index (Phi) is 7.61. The van der Waals surface area contributed by atoms with Crippen LogP contribution in [0.1, 0.15) is 33.6 Å². The molecule has 1 rings (SSSR count). The molecule has 2 amide bonds. The number of urea groups is 1. The van der Waals surface area contributed by atoms with E-state index in [-0.39, 0.29) is 18.1 Å². The summed E-state index contributed by atoms with van der Waals surface area (Å²) in [7, 11) is 0. The van der Waals surface area contributed by atoms with E-state index in [0.29, 0.717) is 25.3 Å². The highest BCUT2D eigenvalue weighted by Crippen LogP contribution is 2.17.